The number of carbonyl (C=O) groups excluding carboxylic acids is 1. The predicted molar refractivity (Wildman–Crippen MR) is 107 cm³/mol. The van der Waals surface area contributed by atoms with E-state index < -0.39 is 0 Å². The molecule has 4 rings (SSSR count). The molecule has 1 unspecified atom stereocenters. The molecule has 1 saturated carbocycles. The first-order valence-electron chi connectivity index (χ1n) is 9.18. The molecule has 1 saturated heterocycles. The van der Waals surface area contributed by atoms with Gasteiger partial charge in [0.05, 0.1) is 10.6 Å². The van der Waals surface area contributed by atoms with Crippen molar-refractivity contribution in [2.45, 2.75) is 55.5 Å². The van der Waals surface area contributed by atoms with Gasteiger partial charge in [-0.15, -0.1) is 17.9 Å². The van der Waals surface area contributed by atoms with E-state index in [1.54, 1.807) is 10.6 Å². The van der Waals surface area contributed by atoms with E-state index in [4.69, 9.17) is 4.98 Å². The van der Waals surface area contributed by atoms with Crippen molar-refractivity contribution in [1.29, 1.82) is 0 Å². The molecule has 1 aliphatic carbocycles. The fourth-order valence-corrected chi connectivity index (χ4v) is 5.57. The minimum absolute atomic E-state index is 0.00127. The Morgan fingerprint density at radius 2 is 2.19 bits per heavy atom. The topological polar surface area (TPSA) is 55.2 Å². The first-order valence-corrected chi connectivity index (χ1v) is 10.9. The molecule has 2 aliphatic rings. The zero-order chi connectivity index (χ0) is 18.3. The van der Waals surface area contributed by atoms with E-state index in [2.05, 4.69) is 12.0 Å². The van der Waals surface area contributed by atoms with Crippen LogP contribution in [0.2, 0.25) is 0 Å². The Bertz CT molecular complexity index is 907. The van der Waals surface area contributed by atoms with Crippen LogP contribution in [0, 0.1) is 0 Å². The Kier molecular flexibility index (Phi) is 4.92. The highest BCUT2D eigenvalue weighted by Crippen LogP contribution is 2.44. The number of aromatic nitrogens is 2. The number of likely N-dealkylation sites (tertiary alicyclic amines) is 1. The molecule has 3 heterocycles. The van der Waals surface area contributed by atoms with Gasteiger partial charge in [-0.25, -0.2) is 4.98 Å². The van der Waals surface area contributed by atoms with E-state index in [0.29, 0.717) is 17.6 Å². The van der Waals surface area contributed by atoms with E-state index in [1.807, 2.05) is 11.8 Å². The van der Waals surface area contributed by atoms with Crippen molar-refractivity contribution >= 4 is 39.2 Å². The quantitative estimate of drug-likeness (QED) is 0.430. The summed E-state index contributed by atoms with van der Waals surface area (Å²) in [5.74, 6) is 0.654. The number of thiophene rings is 1. The monoisotopic (exact) mass is 389 g/mol. The highest BCUT2D eigenvalue weighted by Gasteiger charge is 2.30. The molecule has 0 bridgehead atoms. The van der Waals surface area contributed by atoms with Crippen LogP contribution in [0.4, 0.5) is 0 Å². The number of carbonyl (C=O) groups is 1. The Morgan fingerprint density at radius 1 is 1.46 bits per heavy atom. The number of amides is 1. The van der Waals surface area contributed by atoms with Crippen molar-refractivity contribution in [1.82, 2.24) is 14.5 Å². The molecule has 5 nitrogen and oxygen atoms in total. The molecule has 1 atom stereocenters. The maximum Gasteiger partial charge on any atom is 0.263 e. The van der Waals surface area contributed by atoms with Crippen LogP contribution in [-0.2, 0) is 11.3 Å². The van der Waals surface area contributed by atoms with Crippen LogP contribution in [0.15, 0.2) is 28.0 Å². The molecule has 0 spiro atoms. The third-order valence-electron chi connectivity index (χ3n) is 5.06. The van der Waals surface area contributed by atoms with Crippen molar-refractivity contribution in [3.63, 3.8) is 0 Å². The van der Waals surface area contributed by atoms with E-state index in [-0.39, 0.29) is 16.7 Å². The normalized spacial score (nSPS) is 18.4. The second kappa shape index (κ2) is 7.19. The third kappa shape index (κ3) is 3.22. The first-order chi connectivity index (χ1) is 12.6. The summed E-state index contributed by atoms with van der Waals surface area (Å²) in [7, 11) is 0. The summed E-state index contributed by atoms with van der Waals surface area (Å²) in [6.45, 7) is 7.78. The van der Waals surface area contributed by atoms with E-state index >= 15 is 0 Å². The molecule has 2 aromatic rings. The van der Waals surface area contributed by atoms with Crippen molar-refractivity contribution in [2.75, 3.05) is 13.1 Å². The van der Waals surface area contributed by atoms with Gasteiger partial charge in [0.2, 0.25) is 5.91 Å². The number of fused-ring (bicyclic) bond motifs is 1. The largest absolute Gasteiger partial charge is 0.342 e. The molecule has 7 heteroatoms. The fourth-order valence-electron chi connectivity index (χ4n) is 3.50. The molecule has 0 N–H and O–H groups in total. The summed E-state index contributed by atoms with van der Waals surface area (Å²) in [6, 6.07) is 0. The minimum atomic E-state index is -0.253. The van der Waals surface area contributed by atoms with Gasteiger partial charge in [-0.05, 0) is 49.5 Å². The maximum absolute atomic E-state index is 13.1. The number of rotatable bonds is 6. The molecule has 2 fully saturated rings. The van der Waals surface area contributed by atoms with Crippen molar-refractivity contribution in [2.24, 2.45) is 0 Å². The van der Waals surface area contributed by atoms with E-state index in [0.717, 1.165) is 54.6 Å². The molecule has 2 aromatic heterocycles. The van der Waals surface area contributed by atoms with Crippen molar-refractivity contribution < 1.29 is 4.79 Å². The number of allylic oxidation sites excluding steroid dienone is 1. The molecule has 0 radical (unpaired) electrons. The average Bonchev–Trinajstić information content (AvgIpc) is 3.16. The van der Waals surface area contributed by atoms with Crippen LogP contribution in [0.5, 0.6) is 0 Å². The lowest BCUT2D eigenvalue weighted by molar-refractivity contribution is -0.129. The summed E-state index contributed by atoms with van der Waals surface area (Å²) < 4.78 is 1.67. The Hall–Kier alpha value is -1.60. The summed E-state index contributed by atoms with van der Waals surface area (Å²) >= 11 is 2.93. The lowest BCUT2D eigenvalue weighted by Crippen LogP contribution is -2.34. The van der Waals surface area contributed by atoms with Gasteiger partial charge >= 0.3 is 0 Å². The Balaban J connectivity index is 1.69. The van der Waals surface area contributed by atoms with Crippen molar-refractivity contribution in [3.8, 4) is 0 Å². The molecule has 138 valence electrons. The lowest BCUT2D eigenvalue weighted by atomic mass is 10.1. The van der Waals surface area contributed by atoms with Crippen LogP contribution < -0.4 is 5.56 Å². The number of thioether (sulfide) groups is 1. The standard InChI is InChI=1S/C19H23N3O2S2/c1-3-8-22-18(24)15-14(13-6-7-13)11-25-16(15)20-19(22)26-12(2)17(23)21-9-4-5-10-21/h3,11-13H,1,4-10H2,2H3. The zero-order valence-corrected chi connectivity index (χ0v) is 16.6. The smallest absolute Gasteiger partial charge is 0.263 e. The molecule has 1 amide bonds. The summed E-state index contributed by atoms with van der Waals surface area (Å²) in [4.78, 5) is 33.2. The highest BCUT2D eigenvalue weighted by atomic mass is 32.2. The SMILES string of the molecule is C=CCn1c(SC(C)C(=O)N2CCCC2)nc2scc(C3CC3)c2c1=O. The second-order valence-electron chi connectivity index (χ2n) is 7.04. The fraction of sp³-hybridized carbons (Fsp3) is 0.526. The van der Waals surface area contributed by atoms with Gasteiger partial charge in [-0.1, -0.05) is 17.8 Å². The van der Waals surface area contributed by atoms with Crippen LogP contribution in [0.25, 0.3) is 10.2 Å². The summed E-state index contributed by atoms with van der Waals surface area (Å²) in [5, 5.41) is 3.22. The molecular weight excluding hydrogens is 366 g/mol. The number of nitrogens with zero attached hydrogens (tertiary/aromatic N) is 3. The lowest BCUT2D eigenvalue weighted by Gasteiger charge is -2.20. The third-order valence-corrected chi connectivity index (χ3v) is 7.03. The van der Waals surface area contributed by atoms with E-state index in [1.165, 1.54) is 23.1 Å². The summed E-state index contributed by atoms with van der Waals surface area (Å²) in [5.41, 5.74) is 1.15. The Morgan fingerprint density at radius 3 is 2.85 bits per heavy atom. The Labute approximate surface area is 161 Å². The van der Waals surface area contributed by atoms with Gasteiger partial charge in [-0.2, -0.15) is 0 Å². The summed E-state index contributed by atoms with van der Waals surface area (Å²) in [6.07, 6.45) is 6.19. The first kappa shape index (κ1) is 17.8. The molecular formula is C19H23N3O2S2. The van der Waals surface area contributed by atoms with Gasteiger partial charge in [0.15, 0.2) is 5.16 Å². The van der Waals surface area contributed by atoms with Gasteiger partial charge in [0.25, 0.3) is 5.56 Å². The van der Waals surface area contributed by atoms with Crippen LogP contribution in [-0.4, -0.2) is 38.7 Å². The second-order valence-corrected chi connectivity index (χ2v) is 9.20. The number of hydrogen-bond acceptors (Lipinski definition) is 5. The predicted octanol–water partition coefficient (Wildman–Crippen LogP) is 3.62. The van der Waals surface area contributed by atoms with Crippen LogP contribution in [0.3, 0.4) is 0 Å². The average molecular weight is 390 g/mol. The molecule has 1 aliphatic heterocycles. The zero-order valence-electron chi connectivity index (χ0n) is 14.9. The molecule has 0 aromatic carbocycles. The van der Waals surface area contributed by atoms with Gasteiger partial charge in [0, 0.05) is 19.6 Å². The minimum Gasteiger partial charge on any atom is -0.342 e. The van der Waals surface area contributed by atoms with Crippen LogP contribution in [0.1, 0.15) is 44.1 Å². The molecule has 26 heavy (non-hydrogen) atoms. The van der Waals surface area contributed by atoms with Gasteiger partial charge in [-0.3, -0.25) is 14.2 Å². The van der Waals surface area contributed by atoms with E-state index in [9.17, 15) is 9.59 Å². The van der Waals surface area contributed by atoms with Gasteiger partial charge in [0.1, 0.15) is 4.83 Å². The maximum atomic E-state index is 13.1. The van der Waals surface area contributed by atoms with Crippen LogP contribution >= 0.6 is 23.1 Å². The van der Waals surface area contributed by atoms with Gasteiger partial charge < -0.3 is 4.90 Å². The van der Waals surface area contributed by atoms with Crippen molar-refractivity contribution in [3.05, 3.63) is 34.0 Å². The highest BCUT2D eigenvalue weighted by molar-refractivity contribution is 8.00. The number of hydrogen-bond donors (Lipinski definition) is 0.